The highest BCUT2D eigenvalue weighted by molar-refractivity contribution is 5.87. The number of rotatable bonds is 9. The van der Waals surface area contributed by atoms with E-state index in [-0.39, 0.29) is 41.1 Å². The van der Waals surface area contributed by atoms with E-state index in [1.807, 2.05) is 6.92 Å². The summed E-state index contributed by atoms with van der Waals surface area (Å²) >= 11 is 0. The fourth-order valence-electron chi connectivity index (χ4n) is 6.39. The maximum Gasteiger partial charge on any atom is 0.309 e. The zero-order chi connectivity index (χ0) is 28.0. The predicted octanol–water partition coefficient (Wildman–Crippen LogP) is 5.11. The number of nitrogens with zero attached hydrogens (tertiary/aromatic N) is 1. The lowest BCUT2D eigenvalue weighted by Gasteiger charge is -2.38. The van der Waals surface area contributed by atoms with E-state index in [0.29, 0.717) is 5.92 Å². The molecule has 1 spiro atoms. The van der Waals surface area contributed by atoms with Crippen LogP contribution in [0.1, 0.15) is 85.5 Å². The van der Waals surface area contributed by atoms with E-state index < -0.39 is 6.10 Å². The summed E-state index contributed by atoms with van der Waals surface area (Å²) in [7, 11) is 2.07. The first-order valence-corrected chi connectivity index (χ1v) is 15.1. The van der Waals surface area contributed by atoms with Crippen molar-refractivity contribution in [3.05, 3.63) is 36.0 Å². The molecule has 39 heavy (non-hydrogen) atoms. The smallest absolute Gasteiger partial charge is 0.309 e. The summed E-state index contributed by atoms with van der Waals surface area (Å²) in [5.41, 5.74) is 1.19. The van der Waals surface area contributed by atoms with Crippen molar-refractivity contribution in [3.8, 4) is 0 Å². The fraction of sp³-hybridized carbons (Fsp3) is 0.750. The second kappa shape index (κ2) is 13.1. The van der Waals surface area contributed by atoms with Crippen LogP contribution in [0.15, 0.2) is 36.0 Å². The summed E-state index contributed by atoms with van der Waals surface area (Å²) in [6.45, 7) is 11.0. The van der Waals surface area contributed by atoms with Crippen LogP contribution in [0.25, 0.3) is 0 Å². The molecule has 0 bridgehead atoms. The molecule has 0 aromatic heterocycles. The Labute approximate surface area is 235 Å². The normalized spacial score (nSPS) is 32.9. The van der Waals surface area contributed by atoms with E-state index >= 15 is 0 Å². The van der Waals surface area contributed by atoms with Gasteiger partial charge in [-0.2, -0.15) is 0 Å². The van der Waals surface area contributed by atoms with E-state index in [2.05, 4.69) is 56.3 Å². The van der Waals surface area contributed by atoms with Crippen LogP contribution < -0.4 is 5.32 Å². The van der Waals surface area contributed by atoms with Crippen molar-refractivity contribution in [1.82, 2.24) is 10.2 Å². The van der Waals surface area contributed by atoms with Gasteiger partial charge in [0.2, 0.25) is 5.91 Å². The zero-order valence-electron chi connectivity index (χ0n) is 24.7. The molecule has 3 saturated heterocycles. The number of esters is 1. The standard InChI is InChI=1S/C32H50N2O5/c1-23(7-14-28-20-32(22-37-32)21-31(3,4)39-28)6-9-25-10-12-27(13-11-25)33-29(35)15-8-24(2)38-30(36)26-16-18-34(5)19-17-26/h6-8,14-15,24-28H,9-13,16-22H2,1-5H3,(H,33,35)/b14-7+,15-8-,23-6+/t24-,25?,27?,28+,32+/m0/s1. The molecule has 1 amide bonds. The van der Waals surface area contributed by atoms with E-state index in [1.54, 1.807) is 6.08 Å². The van der Waals surface area contributed by atoms with Crippen LogP contribution in [0.3, 0.4) is 0 Å². The minimum Gasteiger partial charge on any atom is -0.458 e. The van der Waals surface area contributed by atoms with Gasteiger partial charge < -0.3 is 24.4 Å². The molecule has 4 rings (SSSR count). The molecular formula is C32H50N2O5. The van der Waals surface area contributed by atoms with Gasteiger partial charge in [0.25, 0.3) is 0 Å². The van der Waals surface area contributed by atoms with Gasteiger partial charge in [0, 0.05) is 25.0 Å². The van der Waals surface area contributed by atoms with Crippen molar-refractivity contribution in [2.75, 3.05) is 26.7 Å². The lowest BCUT2D eigenvalue weighted by molar-refractivity contribution is -0.152. The number of carbonyl (C=O) groups excluding carboxylic acids is 2. The number of likely N-dealkylation sites (tertiary alicyclic amines) is 1. The van der Waals surface area contributed by atoms with Crippen molar-refractivity contribution < 1.29 is 23.8 Å². The fourth-order valence-corrected chi connectivity index (χ4v) is 6.39. The molecule has 218 valence electrons. The number of epoxide rings is 1. The molecule has 4 aliphatic rings. The summed E-state index contributed by atoms with van der Waals surface area (Å²) in [4.78, 5) is 27.0. The largest absolute Gasteiger partial charge is 0.458 e. The molecule has 3 heterocycles. The third-order valence-corrected chi connectivity index (χ3v) is 8.76. The highest BCUT2D eigenvalue weighted by Gasteiger charge is 2.53. The Morgan fingerprint density at radius 1 is 1.10 bits per heavy atom. The van der Waals surface area contributed by atoms with Crippen LogP contribution >= 0.6 is 0 Å². The van der Waals surface area contributed by atoms with Gasteiger partial charge >= 0.3 is 5.97 Å². The van der Waals surface area contributed by atoms with E-state index in [9.17, 15) is 9.59 Å². The zero-order valence-corrected chi connectivity index (χ0v) is 24.7. The van der Waals surface area contributed by atoms with Gasteiger partial charge in [-0.15, -0.1) is 0 Å². The number of carbonyl (C=O) groups is 2. The van der Waals surface area contributed by atoms with Crippen LogP contribution in [-0.2, 0) is 23.8 Å². The van der Waals surface area contributed by atoms with Gasteiger partial charge in [-0.3, -0.25) is 9.59 Å². The van der Waals surface area contributed by atoms with Crippen LogP contribution in [0.5, 0.6) is 0 Å². The van der Waals surface area contributed by atoms with Gasteiger partial charge in [-0.25, -0.2) is 0 Å². The van der Waals surface area contributed by atoms with E-state index in [0.717, 1.165) is 77.5 Å². The molecule has 3 aliphatic heterocycles. The van der Waals surface area contributed by atoms with Crippen molar-refractivity contribution >= 4 is 11.9 Å². The number of ether oxygens (including phenoxy) is 3. The summed E-state index contributed by atoms with van der Waals surface area (Å²) in [6.07, 6.45) is 18.6. The quantitative estimate of drug-likeness (QED) is 0.189. The Bertz CT molecular complexity index is 928. The van der Waals surface area contributed by atoms with Crippen LogP contribution in [0, 0.1) is 11.8 Å². The lowest BCUT2D eigenvalue weighted by atomic mass is 9.83. The first kappa shape index (κ1) is 30.0. The van der Waals surface area contributed by atoms with Crippen molar-refractivity contribution in [2.45, 2.75) is 115 Å². The van der Waals surface area contributed by atoms with E-state index in [4.69, 9.17) is 14.2 Å². The maximum atomic E-state index is 12.4. The van der Waals surface area contributed by atoms with Gasteiger partial charge in [0.05, 0.1) is 29.8 Å². The van der Waals surface area contributed by atoms with Gasteiger partial charge in [-0.1, -0.05) is 23.8 Å². The van der Waals surface area contributed by atoms with Gasteiger partial charge in [0.1, 0.15) is 6.10 Å². The first-order chi connectivity index (χ1) is 18.5. The highest BCUT2D eigenvalue weighted by Crippen LogP contribution is 2.46. The number of hydrogen-bond donors (Lipinski definition) is 1. The summed E-state index contributed by atoms with van der Waals surface area (Å²) in [5.74, 6) is 0.377. The molecule has 1 N–H and O–H groups in total. The Morgan fingerprint density at radius 2 is 1.79 bits per heavy atom. The molecule has 7 nitrogen and oxygen atoms in total. The average Bonchev–Trinajstić information content (AvgIpc) is 3.62. The Hall–Kier alpha value is -1.96. The van der Waals surface area contributed by atoms with Crippen molar-refractivity contribution in [3.63, 3.8) is 0 Å². The molecule has 0 aromatic carbocycles. The predicted molar refractivity (Wildman–Crippen MR) is 153 cm³/mol. The Morgan fingerprint density at radius 3 is 2.46 bits per heavy atom. The lowest BCUT2D eigenvalue weighted by Crippen LogP contribution is -2.43. The van der Waals surface area contributed by atoms with Crippen LogP contribution in [-0.4, -0.2) is 73.0 Å². The van der Waals surface area contributed by atoms with Crippen molar-refractivity contribution in [1.29, 1.82) is 0 Å². The van der Waals surface area contributed by atoms with Crippen molar-refractivity contribution in [2.24, 2.45) is 11.8 Å². The minimum absolute atomic E-state index is 0.0287. The SMILES string of the molecule is CC(/C=C/[C@@H]1C[C@]2(CO2)CC(C)(C)O1)=C\CC1CCC(NC(=O)/C=C\[C@H](C)OC(=O)C2CCN(C)CC2)CC1. The second-order valence-electron chi connectivity index (χ2n) is 13.1. The molecule has 4 fully saturated rings. The highest BCUT2D eigenvalue weighted by atomic mass is 16.6. The topological polar surface area (TPSA) is 80.4 Å². The number of allylic oxidation sites excluding steroid dienone is 3. The van der Waals surface area contributed by atoms with Crippen LogP contribution in [0.4, 0.5) is 0 Å². The molecule has 1 aliphatic carbocycles. The number of piperidine rings is 1. The summed E-state index contributed by atoms with van der Waals surface area (Å²) in [6, 6.07) is 0.212. The molecule has 0 unspecified atom stereocenters. The molecule has 3 atom stereocenters. The third-order valence-electron chi connectivity index (χ3n) is 8.76. The first-order valence-electron chi connectivity index (χ1n) is 15.1. The summed E-state index contributed by atoms with van der Waals surface area (Å²) in [5, 5.41) is 3.13. The minimum atomic E-state index is -0.401. The number of amides is 1. The average molecular weight is 543 g/mol. The van der Waals surface area contributed by atoms with Gasteiger partial charge in [0.15, 0.2) is 0 Å². The molecule has 7 heteroatoms. The maximum absolute atomic E-state index is 12.4. The summed E-state index contributed by atoms with van der Waals surface area (Å²) < 4.78 is 17.6. The van der Waals surface area contributed by atoms with Gasteiger partial charge in [-0.05, 0) is 105 Å². The second-order valence-corrected chi connectivity index (χ2v) is 13.1. The monoisotopic (exact) mass is 542 g/mol. The number of nitrogens with one attached hydrogen (secondary N) is 1. The molecule has 0 aromatic rings. The Balaban J connectivity index is 1.11. The van der Waals surface area contributed by atoms with E-state index in [1.165, 1.54) is 11.6 Å². The molecule has 0 radical (unpaired) electrons. The van der Waals surface area contributed by atoms with Crippen LogP contribution in [0.2, 0.25) is 0 Å². The third kappa shape index (κ3) is 9.58. The number of hydrogen-bond acceptors (Lipinski definition) is 6. The molecular weight excluding hydrogens is 492 g/mol. The molecule has 1 saturated carbocycles. The Kier molecular flexibility index (Phi) is 10.1.